The van der Waals surface area contributed by atoms with Gasteiger partial charge in [-0.3, -0.25) is 0 Å². The van der Waals surface area contributed by atoms with Crippen molar-refractivity contribution in [2.75, 3.05) is 7.11 Å². The van der Waals surface area contributed by atoms with E-state index in [4.69, 9.17) is 4.74 Å². The molecule has 1 nitrogen and oxygen atoms in total. The fourth-order valence-electron chi connectivity index (χ4n) is 2.02. The van der Waals surface area contributed by atoms with Crippen LogP contribution < -0.4 is 0 Å². The molecule has 74 valence electrons. The van der Waals surface area contributed by atoms with E-state index in [2.05, 4.69) is 44.2 Å². The number of methoxy groups -OCH3 is 1. The number of fused-ring (bicyclic) bond motifs is 1. The second-order valence-corrected chi connectivity index (χ2v) is 4.00. The van der Waals surface area contributed by atoms with E-state index in [9.17, 15) is 0 Å². The molecule has 0 spiro atoms. The molecule has 0 heterocycles. The van der Waals surface area contributed by atoms with Gasteiger partial charge in [0.15, 0.2) is 0 Å². The molecule has 0 aliphatic heterocycles. The molecule has 0 amide bonds. The van der Waals surface area contributed by atoms with E-state index >= 15 is 0 Å². The molecule has 0 saturated carbocycles. The van der Waals surface area contributed by atoms with Crippen LogP contribution in [0.25, 0.3) is 0 Å². The lowest BCUT2D eigenvalue weighted by atomic mass is 9.77. The lowest BCUT2D eigenvalue weighted by molar-refractivity contribution is 0.303. The predicted octanol–water partition coefficient (Wildman–Crippen LogP) is 3.23. The predicted molar refractivity (Wildman–Crippen MR) is 58.7 cm³/mol. The third-order valence-corrected chi connectivity index (χ3v) is 3.19. The first-order valence-corrected chi connectivity index (χ1v) is 5.04. The van der Waals surface area contributed by atoms with Crippen molar-refractivity contribution in [2.45, 2.75) is 13.8 Å². The van der Waals surface area contributed by atoms with E-state index in [-0.39, 0.29) is 0 Å². The Morgan fingerprint density at radius 1 is 1.29 bits per heavy atom. The Labute approximate surface area is 85.5 Å². The second kappa shape index (κ2) is 3.49. The van der Waals surface area contributed by atoms with Crippen molar-refractivity contribution in [3.63, 3.8) is 0 Å². The standard InChI is InChI=1S/C13H16O/c1-9-4-5-11-8-12(14-3)6-7-13(11)10(9)2/h4-8,10,13H,1-3H3. The molecule has 2 atom stereocenters. The van der Waals surface area contributed by atoms with Crippen LogP contribution in [0.5, 0.6) is 0 Å². The van der Waals surface area contributed by atoms with Crippen molar-refractivity contribution in [2.24, 2.45) is 11.8 Å². The van der Waals surface area contributed by atoms with Crippen LogP contribution in [0, 0.1) is 11.8 Å². The zero-order valence-corrected chi connectivity index (χ0v) is 8.95. The monoisotopic (exact) mass is 188 g/mol. The number of rotatable bonds is 1. The molecule has 0 aromatic rings. The van der Waals surface area contributed by atoms with E-state index < -0.39 is 0 Å². The Balaban J connectivity index is 2.34. The largest absolute Gasteiger partial charge is 0.497 e. The Bertz CT molecular complexity index is 355. The maximum atomic E-state index is 5.21. The van der Waals surface area contributed by atoms with Crippen LogP contribution >= 0.6 is 0 Å². The van der Waals surface area contributed by atoms with E-state index in [1.165, 1.54) is 11.1 Å². The Morgan fingerprint density at radius 3 is 2.79 bits per heavy atom. The van der Waals surface area contributed by atoms with Gasteiger partial charge in [0, 0.05) is 5.92 Å². The molecule has 1 heteroatoms. The topological polar surface area (TPSA) is 9.23 Å². The Hall–Kier alpha value is -1.24. The van der Waals surface area contributed by atoms with Gasteiger partial charge in [0.05, 0.1) is 7.11 Å². The van der Waals surface area contributed by atoms with Crippen molar-refractivity contribution < 1.29 is 4.74 Å². The molecule has 2 aliphatic rings. The van der Waals surface area contributed by atoms with Crippen LogP contribution in [-0.4, -0.2) is 7.11 Å². The van der Waals surface area contributed by atoms with Crippen molar-refractivity contribution >= 4 is 0 Å². The van der Waals surface area contributed by atoms with Gasteiger partial charge in [-0.05, 0) is 30.6 Å². The molecule has 2 aliphatic carbocycles. The van der Waals surface area contributed by atoms with Crippen LogP contribution in [0.4, 0.5) is 0 Å². The van der Waals surface area contributed by atoms with Gasteiger partial charge < -0.3 is 4.74 Å². The fraction of sp³-hybridized carbons (Fsp3) is 0.385. The SMILES string of the molecule is COC1=CC2=CC=C(C)C(C)C2C=C1. The van der Waals surface area contributed by atoms with Crippen molar-refractivity contribution in [1.29, 1.82) is 0 Å². The maximum Gasteiger partial charge on any atom is 0.118 e. The van der Waals surface area contributed by atoms with Crippen LogP contribution in [0.2, 0.25) is 0 Å². The van der Waals surface area contributed by atoms with Crippen molar-refractivity contribution in [3.05, 3.63) is 47.3 Å². The molecule has 2 unspecified atom stereocenters. The average Bonchev–Trinajstić information content (AvgIpc) is 2.23. The van der Waals surface area contributed by atoms with Gasteiger partial charge in [-0.2, -0.15) is 0 Å². The molecule has 14 heavy (non-hydrogen) atoms. The van der Waals surface area contributed by atoms with E-state index in [0.717, 1.165) is 5.76 Å². The average molecular weight is 188 g/mol. The van der Waals surface area contributed by atoms with Crippen molar-refractivity contribution in [1.82, 2.24) is 0 Å². The second-order valence-electron chi connectivity index (χ2n) is 4.00. The minimum Gasteiger partial charge on any atom is -0.497 e. The highest BCUT2D eigenvalue weighted by Crippen LogP contribution is 2.35. The zero-order valence-electron chi connectivity index (χ0n) is 8.95. The van der Waals surface area contributed by atoms with Gasteiger partial charge in [-0.1, -0.05) is 30.7 Å². The first kappa shape index (κ1) is 9.32. The molecule has 0 bridgehead atoms. The summed E-state index contributed by atoms with van der Waals surface area (Å²) in [7, 11) is 1.71. The summed E-state index contributed by atoms with van der Waals surface area (Å²) in [4.78, 5) is 0. The van der Waals surface area contributed by atoms with Gasteiger partial charge >= 0.3 is 0 Å². The summed E-state index contributed by atoms with van der Waals surface area (Å²) < 4.78 is 5.21. The molecule has 0 fully saturated rings. The van der Waals surface area contributed by atoms with Crippen LogP contribution in [0.3, 0.4) is 0 Å². The molecule has 2 rings (SSSR count). The normalized spacial score (nSPS) is 30.1. The molecule has 0 aromatic carbocycles. The highest BCUT2D eigenvalue weighted by molar-refractivity contribution is 5.43. The summed E-state index contributed by atoms with van der Waals surface area (Å²) in [6.45, 7) is 4.47. The minimum atomic E-state index is 0.541. The Kier molecular flexibility index (Phi) is 2.32. The van der Waals surface area contributed by atoms with Gasteiger partial charge in [0.25, 0.3) is 0 Å². The fourth-order valence-corrected chi connectivity index (χ4v) is 2.02. The zero-order chi connectivity index (χ0) is 10.1. The summed E-state index contributed by atoms with van der Waals surface area (Å²) in [6, 6.07) is 0. The van der Waals surface area contributed by atoms with Crippen molar-refractivity contribution in [3.8, 4) is 0 Å². The highest BCUT2D eigenvalue weighted by Gasteiger charge is 2.24. The van der Waals surface area contributed by atoms with Gasteiger partial charge in [-0.15, -0.1) is 0 Å². The van der Waals surface area contributed by atoms with Gasteiger partial charge in [0.1, 0.15) is 5.76 Å². The quantitative estimate of drug-likeness (QED) is 0.614. The summed E-state index contributed by atoms with van der Waals surface area (Å²) in [5, 5.41) is 0. The van der Waals surface area contributed by atoms with Crippen LogP contribution in [0.1, 0.15) is 13.8 Å². The summed E-state index contributed by atoms with van der Waals surface area (Å²) >= 11 is 0. The number of ether oxygens (including phenoxy) is 1. The summed E-state index contributed by atoms with van der Waals surface area (Å²) in [5.41, 5.74) is 2.82. The van der Waals surface area contributed by atoms with E-state index in [1.54, 1.807) is 7.11 Å². The molecule has 0 N–H and O–H groups in total. The van der Waals surface area contributed by atoms with Gasteiger partial charge in [0.2, 0.25) is 0 Å². The maximum absolute atomic E-state index is 5.21. The summed E-state index contributed by atoms with van der Waals surface area (Å²) in [6.07, 6.45) is 10.8. The third kappa shape index (κ3) is 1.43. The van der Waals surface area contributed by atoms with Crippen LogP contribution in [0.15, 0.2) is 47.3 Å². The Morgan fingerprint density at radius 2 is 2.07 bits per heavy atom. The molecule has 0 aromatic heterocycles. The van der Waals surface area contributed by atoms with E-state index in [1.807, 2.05) is 0 Å². The molecule has 0 saturated heterocycles. The first-order chi connectivity index (χ1) is 6.72. The number of allylic oxidation sites excluding steroid dienone is 7. The molecule has 0 radical (unpaired) electrons. The smallest absolute Gasteiger partial charge is 0.118 e. The summed E-state index contributed by atoms with van der Waals surface area (Å²) in [5.74, 6) is 2.10. The lowest BCUT2D eigenvalue weighted by Crippen LogP contribution is -2.17. The molecular weight excluding hydrogens is 172 g/mol. The lowest BCUT2D eigenvalue weighted by Gasteiger charge is -2.28. The van der Waals surface area contributed by atoms with E-state index in [0.29, 0.717) is 11.8 Å². The van der Waals surface area contributed by atoms with Crippen LogP contribution in [-0.2, 0) is 4.74 Å². The first-order valence-electron chi connectivity index (χ1n) is 5.04. The van der Waals surface area contributed by atoms with Gasteiger partial charge in [-0.25, -0.2) is 0 Å². The third-order valence-electron chi connectivity index (χ3n) is 3.19. The number of hydrogen-bond donors (Lipinski definition) is 0. The number of hydrogen-bond acceptors (Lipinski definition) is 1. The molecular formula is C13H16O. The highest BCUT2D eigenvalue weighted by atomic mass is 16.5. The minimum absolute atomic E-state index is 0.541.